The van der Waals surface area contributed by atoms with Gasteiger partial charge in [-0.3, -0.25) is 14.2 Å². The van der Waals surface area contributed by atoms with Gasteiger partial charge in [-0.25, -0.2) is 0 Å². The van der Waals surface area contributed by atoms with Crippen LogP contribution in [0.3, 0.4) is 0 Å². The number of carbonyl (C=O) groups is 1. The van der Waals surface area contributed by atoms with Gasteiger partial charge in [-0.15, -0.1) is 0 Å². The Morgan fingerprint density at radius 1 is 1.09 bits per heavy atom. The van der Waals surface area contributed by atoms with E-state index in [1.807, 2.05) is 24.3 Å². The van der Waals surface area contributed by atoms with Crippen molar-refractivity contribution in [2.45, 2.75) is 25.2 Å². The van der Waals surface area contributed by atoms with E-state index in [0.29, 0.717) is 48.1 Å². The van der Waals surface area contributed by atoms with Crippen LogP contribution in [-0.4, -0.2) is 60.6 Å². The van der Waals surface area contributed by atoms with Crippen molar-refractivity contribution in [3.63, 3.8) is 0 Å². The molecule has 1 aliphatic heterocycles. The lowest BCUT2D eigenvalue weighted by molar-refractivity contribution is -0.226. The van der Waals surface area contributed by atoms with Crippen molar-refractivity contribution in [1.82, 2.24) is 14.5 Å². The van der Waals surface area contributed by atoms with E-state index >= 15 is 0 Å². The molecular weight excluding hydrogens is 442 g/mol. The van der Waals surface area contributed by atoms with Gasteiger partial charge in [0, 0.05) is 51.3 Å². The molecule has 0 unspecified atom stereocenters. The summed E-state index contributed by atoms with van der Waals surface area (Å²) in [6.07, 6.45) is 1.19. The number of carbonyl (C=O) groups excluding carboxylic acids is 1. The number of H-pyrrole nitrogens is 1. The quantitative estimate of drug-likeness (QED) is 0.440. The normalized spacial score (nSPS) is 15.5. The molecule has 2 aromatic carbocycles. The minimum atomic E-state index is -0.641. The topological polar surface area (TPSA) is 85.8 Å². The molecule has 4 rings (SSSR count). The third kappa shape index (κ3) is 4.44. The van der Waals surface area contributed by atoms with Gasteiger partial charge in [-0.05, 0) is 36.5 Å². The SMILES string of the molecule is COc1ccccc1Cn1c(=S)[nH]c2cc(C(=O)N3CCC(OC)(OC)CC3)ccc2c1=O. The van der Waals surface area contributed by atoms with Crippen molar-refractivity contribution >= 4 is 29.0 Å². The van der Waals surface area contributed by atoms with E-state index in [2.05, 4.69) is 4.98 Å². The molecule has 0 spiro atoms. The molecule has 8 nitrogen and oxygen atoms in total. The second kappa shape index (κ2) is 9.46. The highest BCUT2D eigenvalue weighted by Gasteiger charge is 2.36. The highest BCUT2D eigenvalue weighted by Crippen LogP contribution is 2.27. The van der Waals surface area contributed by atoms with E-state index in [0.717, 1.165) is 5.56 Å². The van der Waals surface area contributed by atoms with Gasteiger partial charge < -0.3 is 24.1 Å². The molecule has 1 aromatic heterocycles. The lowest BCUT2D eigenvalue weighted by Gasteiger charge is -2.39. The van der Waals surface area contributed by atoms with Gasteiger partial charge in [0.2, 0.25) is 0 Å². The predicted molar refractivity (Wildman–Crippen MR) is 127 cm³/mol. The summed E-state index contributed by atoms with van der Waals surface area (Å²) < 4.78 is 18.2. The number of nitrogens with zero attached hydrogens (tertiary/aromatic N) is 2. The molecule has 0 aliphatic carbocycles. The Morgan fingerprint density at radius 3 is 2.45 bits per heavy atom. The smallest absolute Gasteiger partial charge is 0.262 e. The molecule has 9 heteroatoms. The van der Waals surface area contributed by atoms with Gasteiger partial charge in [0.05, 0.1) is 24.6 Å². The van der Waals surface area contributed by atoms with Crippen molar-refractivity contribution in [2.24, 2.45) is 0 Å². The summed E-state index contributed by atoms with van der Waals surface area (Å²) in [5.41, 5.74) is 1.66. The number of ether oxygens (including phenoxy) is 3. The number of hydrogen-bond donors (Lipinski definition) is 1. The maximum atomic E-state index is 13.2. The van der Waals surface area contributed by atoms with Crippen molar-refractivity contribution in [2.75, 3.05) is 34.4 Å². The number of likely N-dealkylation sites (tertiary alicyclic amines) is 1. The van der Waals surface area contributed by atoms with Crippen LogP contribution in [0, 0.1) is 4.77 Å². The Hall–Kier alpha value is -3.01. The Morgan fingerprint density at radius 2 is 1.79 bits per heavy atom. The zero-order valence-corrected chi connectivity index (χ0v) is 19.7. The maximum Gasteiger partial charge on any atom is 0.262 e. The second-order valence-corrected chi connectivity index (χ2v) is 8.39. The Balaban J connectivity index is 1.62. The fraction of sp³-hybridized carbons (Fsp3) is 0.375. The van der Waals surface area contributed by atoms with Crippen molar-refractivity contribution in [3.8, 4) is 5.75 Å². The molecular formula is C24H27N3O5S. The maximum absolute atomic E-state index is 13.2. The number of aromatic nitrogens is 2. The molecule has 1 saturated heterocycles. The molecule has 0 atom stereocenters. The zero-order chi connectivity index (χ0) is 23.6. The van der Waals surface area contributed by atoms with Crippen LogP contribution in [-0.2, 0) is 16.0 Å². The first-order valence-electron chi connectivity index (χ1n) is 10.7. The number of rotatable bonds is 6. The molecule has 0 saturated carbocycles. The largest absolute Gasteiger partial charge is 0.496 e. The molecule has 1 fully saturated rings. The molecule has 2 heterocycles. The van der Waals surface area contributed by atoms with E-state index in [4.69, 9.17) is 26.4 Å². The van der Waals surface area contributed by atoms with Crippen LogP contribution in [0.15, 0.2) is 47.3 Å². The van der Waals surface area contributed by atoms with Crippen LogP contribution in [0.5, 0.6) is 5.75 Å². The third-order valence-corrected chi connectivity index (χ3v) is 6.63. The van der Waals surface area contributed by atoms with E-state index in [1.54, 1.807) is 44.4 Å². The summed E-state index contributed by atoms with van der Waals surface area (Å²) in [6, 6.07) is 12.5. The average Bonchev–Trinajstić information content (AvgIpc) is 2.86. The van der Waals surface area contributed by atoms with Gasteiger partial charge in [0.15, 0.2) is 10.6 Å². The van der Waals surface area contributed by atoms with Crippen LogP contribution < -0.4 is 10.3 Å². The fourth-order valence-electron chi connectivity index (χ4n) is 4.26. The van der Waals surface area contributed by atoms with Crippen LogP contribution >= 0.6 is 12.2 Å². The van der Waals surface area contributed by atoms with Crippen LogP contribution in [0.1, 0.15) is 28.8 Å². The van der Waals surface area contributed by atoms with Gasteiger partial charge in [-0.2, -0.15) is 0 Å². The number of fused-ring (bicyclic) bond motifs is 1. The van der Waals surface area contributed by atoms with Crippen LogP contribution in [0.2, 0.25) is 0 Å². The number of hydrogen-bond acceptors (Lipinski definition) is 6. The minimum absolute atomic E-state index is 0.102. The molecule has 33 heavy (non-hydrogen) atoms. The summed E-state index contributed by atoms with van der Waals surface area (Å²) in [5, 5.41) is 0.464. The predicted octanol–water partition coefficient (Wildman–Crippen LogP) is 3.34. The number of para-hydroxylation sites is 1. The number of benzene rings is 2. The number of amides is 1. The molecule has 1 N–H and O–H groups in total. The summed E-state index contributed by atoms with van der Waals surface area (Å²) in [5.74, 6) is -0.0555. The highest BCUT2D eigenvalue weighted by molar-refractivity contribution is 7.71. The van der Waals surface area contributed by atoms with Crippen LogP contribution in [0.4, 0.5) is 0 Å². The lowest BCUT2D eigenvalue weighted by Crippen LogP contribution is -2.48. The molecule has 0 radical (unpaired) electrons. The van der Waals surface area contributed by atoms with E-state index in [-0.39, 0.29) is 22.8 Å². The summed E-state index contributed by atoms with van der Waals surface area (Å²) in [7, 11) is 4.83. The average molecular weight is 470 g/mol. The summed E-state index contributed by atoms with van der Waals surface area (Å²) >= 11 is 5.48. The van der Waals surface area contributed by atoms with E-state index in [9.17, 15) is 9.59 Å². The molecule has 174 valence electrons. The number of methoxy groups -OCH3 is 3. The zero-order valence-electron chi connectivity index (χ0n) is 18.9. The molecule has 3 aromatic rings. The van der Waals surface area contributed by atoms with Gasteiger partial charge >= 0.3 is 0 Å². The Kier molecular flexibility index (Phi) is 6.64. The molecule has 0 bridgehead atoms. The van der Waals surface area contributed by atoms with Crippen molar-refractivity contribution < 1.29 is 19.0 Å². The Bertz CT molecular complexity index is 1290. The Labute approximate surface area is 196 Å². The number of piperidine rings is 1. The van der Waals surface area contributed by atoms with E-state index < -0.39 is 5.79 Å². The van der Waals surface area contributed by atoms with Crippen molar-refractivity contribution in [1.29, 1.82) is 0 Å². The summed E-state index contributed by atoms with van der Waals surface area (Å²) in [4.78, 5) is 31.2. The standard InChI is InChI=1S/C24H27N3O5S/c1-30-20-7-5-4-6-17(20)15-27-22(29)18-9-8-16(14-19(18)25-23(27)33)21(28)26-12-10-24(31-2,32-3)11-13-26/h4-9,14H,10-13,15H2,1-3H3,(H,25,33). The van der Waals surface area contributed by atoms with Gasteiger partial charge in [-0.1, -0.05) is 18.2 Å². The van der Waals surface area contributed by atoms with Gasteiger partial charge in [0.1, 0.15) is 5.75 Å². The molecule has 1 amide bonds. The first-order valence-corrected chi connectivity index (χ1v) is 11.1. The number of aromatic amines is 1. The monoisotopic (exact) mass is 469 g/mol. The van der Waals surface area contributed by atoms with E-state index in [1.165, 1.54) is 4.57 Å². The van der Waals surface area contributed by atoms with Crippen LogP contribution in [0.25, 0.3) is 10.9 Å². The third-order valence-electron chi connectivity index (χ3n) is 6.31. The number of nitrogens with one attached hydrogen (secondary N) is 1. The minimum Gasteiger partial charge on any atom is -0.496 e. The second-order valence-electron chi connectivity index (χ2n) is 8.00. The first-order chi connectivity index (χ1) is 15.9. The first kappa shape index (κ1) is 23.2. The summed E-state index contributed by atoms with van der Waals surface area (Å²) in [6.45, 7) is 1.33. The molecule has 1 aliphatic rings. The van der Waals surface area contributed by atoms with Crippen molar-refractivity contribution in [3.05, 3.63) is 68.7 Å². The highest BCUT2D eigenvalue weighted by atomic mass is 32.1. The fourth-order valence-corrected chi connectivity index (χ4v) is 4.52. The van der Waals surface area contributed by atoms with Gasteiger partial charge in [0.25, 0.3) is 11.5 Å². The lowest BCUT2D eigenvalue weighted by atomic mass is 10.0.